The van der Waals surface area contributed by atoms with E-state index in [2.05, 4.69) is 15.0 Å². The van der Waals surface area contributed by atoms with Crippen LogP contribution in [0.15, 0.2) is 11.1 Å². The zero-order chi connectivity index (χ0) is 14.4. The molecule has 1 aliphatic rings. The number of fused-ring (bicyclic) bond motifs is 1. The van der Waals surface area contributed by atoms with Crippen LogP contribution in [-0.2, 0) is 4.74 Å². The maximum Gasteiger partial charge on any atom is 0.280 e. The van der Waals surface area contributed by atoms with Crippen molar-refractivity contribution in [3.05, 3.63) is 16.7 Å². The number of nitrogen functional groups attached to an aromatic ring is 1. The molecule has 0 unspecified atom stereocenters. The van der Waals surface area contributed by atoms with Crippen molar-refractivity contribution in [3.63, 3.8) is 0 Å². The van der Waals surface area contributed by atoms with E-state index in [1.165, 1.54) is 10.9 Å². The predicted molar refractivity (Wildman–Crippen MR) is 77.4 cm³/mol. The molecule has 0 aliphatic carbocycles. The van der Waals surface area contributed by atoms with Crippen LogP contribution in [0, 0.1) is 0 Å². The molecule has 5 N–H and O–H groups in total. The molecule has 0 aromatic carbocycles. The summed E-state index contributed by atoms with van der Waals surface area (Å²) in [4.78, 5) is 22.1. The van der Waals surface area contributed by atoms with E-state index < -0.39 is 24.0 Å². The highest BCUT2D eigenvalue weighted by Crippen LogP contribution is 2.35. The highest BCUT2D eigenvalue weighted by atomic mass is 127. The van der Waals surface area contributed by atoms with Crippen molar-refractivity contribution in [1.29, 1.82) is 0 Å². The number of hydrogen-bond donors (Lipinski definition) is 4. The topological polar surface area (TPSA) is 139 Å². The van der Waals surface area contributed by atoms with Gasteiger partial charge in [0.15, 0.2) is 17.4 Å². The molecule has 3 rings (SSSR count). The van der Waals surface area contributed by atoms with E-state index in [-0.39, 0.29) is 27.6 Å². The van der Waals surface area contributed by atoms with Gasteiger partial charge >= 0.3 is 0 Å². The first-order valence-electron chi connectivity index (χ1n) is 5.83. The highest BCUT2D eigenvalue weighted by molar-refractivity contribution is 14.1. The molecule has 0 spiro atoms. The summed E-state index contributed by atoms with van der Waals surface area (Å²) in [6, 6.07) is 0. The van der Waals surface area contributed by atoms with Crippen LogP contribution in [0.2, 0.25) is 0 Å². The summed E-state index contributed by atoms with van der Waals surface area (Å²) in [6.45, 7) is -0.292. The van der Waals surface area contributed by atoms with E-state index >= 15 is 0 Å². The van der Waals surface area contributed by atoms with Crippen LogP contribution >= 0.6 is 22.6 Å². The Hall–Kier alpha value is -1.24. The third-order valence-electron chi connectivity index (χ3n) is 3.20. The number of hydrogen-bond acceptors (Lipinski definition) is 7. The summed E-state index contributed by atoms with van der Waals surface area (Å²) in [7, 11) is 0. The second-order valence-corrected chi connectivity index (χ2v) is 5.90. The molecule has 0 bridgehead atoms. The van der Waals surface area contributed by atoms with Crippen molar-refractivity contribution in [1.82, 2.24) is 19.5 Å². The maximum atomic E-state index is 11.7. The zero-order valence-electron chi connectivity index (χ0n) is 10.1. The van der Waals surface area contributed by atoms with Crippen molar-refractivity contribution < 1.29 is 14.9 Å². The van der Waals surface area contributed by atoms with Crippen LogP contribution in [-0.4, -0.2) is 52.5 Å². The molecule has 10 heteroatoms. The van der Waals surface area contributed by atoms with Gasteiger partial charge in [0, 0.05) is 0 Å². The first kappa shape index (κ1) is 13.7. The minimum Gasteiger partial charge on any atom is -0.394 e. The van der Waals surface area contributed by atoms with Gasteiger partial charge in [0.2, 0.25) is 5.95 Å². The van der Waals surface area contributed by atoms with E-state index in [1.54, 1.807) is 0 Å². The Bertz CT molecular complexity index is 701. The summed E-state index contributed by atoms with van der Waals surface area (Å²) in [5.41, 5.74) is 5.52. The van der Waals surface area contributed by atoms with E-state index in [0.717, 1.165) is 0 Å². The highest BCUT2D eigenvalue weighted by Gasteiger charge is 2.43. The second-order valence-electron chi connectivity index (χ2n) is 4.46. The van der Waals surface area contributed by atoms with Crippen LogP contribution < -0.4 is 11.3 Å². The van der Waals surface area contributed by atoms with Gasteiger partial charge in [0.05, 0.1) is 23.0 Å². The molecule has 4 atom stereocenters. The van der Waals surface area contributed by atoms with Crippen molar-refractivity contribution in [2.24, 2.45) is 0 Å². The number of anilines is 1. The number of aliphatic hydroxyl groups is 2. The smallest absolute Gasteiger partial charge is 0.280 e. The zero-order valence-corrected chi connectivity index (χ0v) is 12.3. The summed E-state index contributed by atoms with van der Waals surface area (Å²) >= 11 is 2.03. The maximum absolute atomic E-state index is 11.7. The summed E-state index contributed by atoms with van der Waals surface area (Å²) < 4.78 is 6.81. The largest absolute Gasteiger partial charge is 0.394 e. The Morgan fingerprint density at radius 2 is 2.35 bits per heavy atom. The lowest BCUT2D eigenvalue weighted by atomic mass is 10.2. The Morgan fingerprint density at radius 1 is 1.60 bits per heavy atom. The average Bonchev–Trinajstić information content (AvgIpc) is 2.93. The predicted octanol–water partition coefficient (Wildman–Crippen LogP) is -1.24. The average molecular weight is 393 g/mol. The SMILES string of the molecule is Nc1nc2c(ncn2[C@@H]2O[C@H](CO)[C@@H](O)[C@@H]2I)c(=O)[nH]1. The summed E-state index contributed by atoms with van der Waals surface area (Å²) in [5, 5.41) is 19.1. The van der Waals surface area contributed by atoms with E-state index in [4.69, 9.17) is 15.6 Å². The van der Waals surface area contributed by atoms with Gasteiger partial charge < -0.3 is 20.7 Å². The number of nitrogens with one attached hydrogen (secondary N) is 1. The van der Waals surface area contributed by atoms with Crippen molar-refractivity contribution in [2.45, 2.75) is 22.4 Å². The van der Waals surface area contributed by atoms with Crippen molar-refractivity contribution in [2.75, 3.05) is 12.3 Å². The molecule has 108 valence electrons. The number of halogens is 1. The van der Waals surface area contributed by atoms with E-state index in [9.17, 15) is 9.90 Å². The van der Waals surface area contributed by atoms with Crippen LogP contribution in [0.3, 0.4) is 0 Å². The number of aromatic nitrogens is 4. The second kappa shape index (κ2) is 4.95. The Kier molecular flexibility index (Phi) is 3.40. The quantitative estimate of drug-likeness (QED) is 0.370. The lowest BCUT2D eigenvalue weighted by Crippen LogP contribution is -2.29. The van der Waals surface area contributed by atoms with Gasteiger partial charge in [-0.25, -0.2) is 4.98 Å². The molecule has 3 heterocycles. The van der Waals surface area contributed by atoms with Crippen molar-refractivity contribution >= 4 is 39.7 Å². The Labute approximate surface area is 125 Å². The molecular weight excluding hydrogens is 381 g/mol. The number of ether oxygens (including phenoxy) is 1. The van der Waals surface area contributed by atoms with Gasteiger partial charge in [0.1, 0.15) is 6.10 Å². The van der Waals surface area contributed by atoms with Gasteiger partial charge in [0.25, 0.3) is 5.56 Å². The number of aromatic amines is 1. The molecule has 1 aliphatic heterocycles. The minimum atomic E-state index is -0.817. The standard InChI is InChI=1S/C10H12IN5O4/c11-4-6(18)3(1-17)20-9(4)16-2-13-5-7(16)14-10(12)15-8(5)19/h2-4,6,9,17-18H,1H2,(H3,12,14,15,19)/t3-,4+,6-,9-/m1/s1. The van der Waals surface area contributed by atoms with Gasteiger partial charge in [-0.1, -0.05) is 22.6 Å². The number of nitrogens with two attached hydrogens (primary N) is 1. The fraction of sp³-hybridized carbons (Fsp3) is 0.500. The molecule has 0 radical (unpaired) electrons. The first-order valence-corrected chi connectivity index (χ1v) is 7.08. The normalized spacial score (nSPS) is 30.1. The lowest BCUT2D eigenvalue weighted by Gasteiger charge is -2.16. The molecular formula is C10H12IN5O4. The van der Waals surface area contributed by atoms with Gasteiger partial charge in [-0.3, -0.25) is 14.3 Å². The van der Waals surface area contributed by atoms with Crippen LogP contribution in [0.4, 0.5) is 5.95 Å². The Balaban J connectivity index is 2.09. The number of imidazole rings is 1. The van der Waals surface area contributed by atoms with E-state index in [1.807, 2.05) is 22.6 Å². The molecule has 0 saturated carbocycles. The minimum absolute atomic E-state index is 0.0217. The molecule has 2 aromatic rings. The number of rotatable bonds is 2. The molecule has 2 aromatic heterocycles. The number of alkyl halides is 1. The van der Waals surface area contributed by atoms with Crippen LogP contribution in [0.5, 0.6) is 0 Å². The van der Waals surface area contributed by atoms with E-state index in [0.29, 0.717) is 0 Å². The third kappa shape index (κ3) is 1.99. The molecule has 9 nitrogen and oxygen atoms in total. The molecule has 1 saturated heterocycles. The number of nitrogens with zero attached hydrogens (tertiary/aromatic N) is 3. The summed E-state index contributed by atoms with van der Waals surface area (Å²) in [5.74, 6) is -0.0217. The van der Waals surface area contributed by atoms with Gasteiger partial charge in [-0.05, 0) is 0 Å². The first-order chi connectivity index (χ1) is 9.52. The van der Waals surface area contributed by atoms with Gasteiger partial charge in [-0.2, -0.15) is 4.98 Å². The fourth-order valence-corrected chi connectivity index (χ4v) is 3.19. The van der Waals surface area contributed by atoms with Crippen LogP contribution in [0.25, 0.3) is 11.2 Å². The van der Waals surface area contributed by atoms with Gasteiger partial charge in [-0.15, -0.1) is 0 Å². The number of H-pyrrole nitrogens is 1. The van der Waals surface area contributed by atoms with Crippen LogP contribution in [0.1, 0.15) is 6.23 Å². The Morgan fingerprint density at radius 3 is 3.00 bits per heavy atom. The molecule has 1 fully saturated rings. The fourth-order valence-electron chi connectivity index (χ4n) is 2.21. The summed E-state index contributed by atoms with van der Waals surface area (Å²) in [6.07, 6.45) is -0.669. The lowest BCUT2D eigenvalue weighted by molar-refractivity contribution is -0.0429. The third-order valence-corrected chi connectivity index (χ3v) is 4.55. The number of aliphatic hydroxyl groups excluding tert-OH is 2. The molecule has 0 amide bonds. The molecule has 20 heavy (non-hydrogen) atoms. The van der Waals surface area contributed by atoms with Crippen molar-refractivity contribution in [3.8, 4) is 0 Å². The monoisotopic (exact) mass is 393 g/mol.